The van der Waals surface area contributed by atoms with Crippen molar-refractivity contribution in [2.75, 3.05) is 19.8 Å². The van der Waals surface area contributed by atoms with E-state index >= 15 is 0 Å². The van der Waals surface area contributed by atoms with Crippen LogP contribution in [0.2, 0.25) is 0 Å². The average molecular weight is 760 g/mol. The first-order valence-electron chi connectivity index (χ1n) is 19.7. The Kier molecular flexibility index (Phi) is 24.8. The molecule has 2 saturated heterocycles. The normalized spacial score (nSPS) is 30.8. The number of rotatable bonds is 27. The molecule has 0 aromatic carbocycles. The summed E-state index contributed by atoms with van der Waals surface area (Å²) >= 11 is 0. The number of unbranched alkanes of at least 4 members (excludes halogenated alkanes) is 10. The summed E-state index contributed by atoms with van der Waals surface area (Å²) in [6.45, 7) is 2.58. The van der Waals surface area contributed by atoms with Crippen LogP contribution in [-0.2, 0) is 23.7 Å². The molecule has 12 atom stereocenters. The molecular formula is C39H69NO13. The molecule has 1 amide bonds. The molecule has 0 spiro atoms. The average Bonchev–Trinajstić information content (AvgIpc) is 3.15. The van der Waals surface area contributed by atoms with Crippen LogP contribution in [0, 0.1) is 0 Å². The highest BCUT2D eigenvalue weighted by Crippen LogP contribution is 2.29. The summed E-state index contributed by atoms with van der Waals surface area (Å²) in [7, 11) is 0. The van der Waals surface area contributed by atoms with Crippen molar-refractivity contribution in [1.82, 2.24) is 5.32 Å². The fourth-order valence-electron chi connectivity index (χ4n) is 6.15. The lowest BCUT2D eigenvalue weighted by atomic mass is 9.97. The standard InChI is InChI=1S/C39H69NO13/c1-3-5-7-9-11-13-14-15-17-19-21-23-31(44)40-27(28(43)22-20-18-16-12-10-8-6-4-2)26-50-38-36(49)34(47)37(30(25-42)52-38)53-39-35(48)33(46)32(45)29(24-41)51-39/h9-12,20,22,27-30,32-39,41-43,45-49H,3-8,13-19,21,23-26H2,1-2H3,(H,40,44)/b11-9-,12-10+,22-20+. The summed E-state index contributed by atoms with van der Waals surface area (Å²) in [4.78, 5) is 13.0. The highest BCUT2D eigenvalue weighted by atomic mass is 16.7. The number of nitrogens with one attached hydrogen (secondary N) is 1. The highest BCUT2D eigenvalue weighted by Gasteiger charge is 2.50. The van der Waals surface area contributed by atoms with Crippen LogP contribution in [0.5, 0.6) is 0 Å². The molecule has 14 heteroatoms. The van der Waals surface area contributed by atoms with Crippen LogP contribution in [-0.4, -0.2) is 140 Å². The fourth-order valence-corrected chi connectivity index (χ4v) is 6.15. The maximum absolute atomic E-state index is 13.0. The SMILES string of the molecule is CCCC/C=C\CCCCCCCC(=O)NC(COC1OC(CO)C(OC2OC(CO)C(O)C(O)C2O)C(O)C1O)C(O)/C=C/CC/C=C/CCCC. The lowest BCUT2D eigenvalue weighted by Gasteiger charge is -2.46. The van der Waals surface area contributed by atoms with E-state index in [1.807, 2.05) is 6.08 Å². The van der Waals surface area contributed by atoms with Gasteiger partial charge in [0.25, 0.3) is 0 Å². The first-order valence-corrected chi connectivity index (χ1v) is 19.7. The molecular weight excluding hydrogens is 690 g/mol. The van der Waals surface area contributed by atoms with Gasteiger partial charge < -0.3 is 65.1 Å². The number of hydrogen-bond acceptors (Lipinski definition) is 13. The van der Waals surface area contributed by atoms with Crippen molar-refractivity contribution in [2.24, 2.45) is 0 Å². The second-order valence-electron chi connectivity index (χ2n) is 14.0. The van der Waals surface area contributed by atoms with Gasteiger partial charge in [0.1, 0.15) is 48.8 Å². The zero-order valence-electron chi connectivity index (χ0n) is 31.7. The van der Waals surface area contributed by atoms with Crippen molar-refractivity contribution in [2.45, 2.75) is 184 Å². The third-order valence-corrected chi connectivity index (χ3v) is 9.55. The van der Waals surface area contributed by atoms with Crippen LogP contribution in [0.15, 0.2) is 36.5 Å². The number of carbonyl (C=O) groups is 1. The number of hydrogen-bond donors (Lipinski definition) is 9. The van der Waals surface area contributed by atoms with Crippen LogP contribution < -0.4 is 5.32 Å². The van der Waals surface area contributed by atoms with Gasteiger partial charge in [-0.05, 0) is 44.9 Å². The molecule has 308 valence electrons. The minimum atomic E-state index is -1.79. The Morgan fingerprint density at radius 2 is 1.21 bits per heavy atom. The van der Waals surface area contributed by atoms with Gasteiger partial charge in [-0.1, -0.05) is 95.2 Å². The summed E-state index contributed by atoms with van der Waals surface area (Å²) in [6.07, 6.45) is 9.50. The third kappa shape index (κ3) is 17.3. The van der Waals surface area contributed by atoms with Crippen LogP contribution >= 0.6 is 0 Å². The quantitative estimate of drug-likeness (QED) is 0.0432. The van der Waals surface area contributed by atoms with Gasteiger partial charge >= 0.3 is 0 Å². The molecule has 2 aliphatic heterocycles. The van der Waals surface area contributed by atoms with Crippen LogP contribution in [0.4, 0.5) is 0 Å². The summed E-state index contributed by atoms with van der Waals surface area (Å²) in [6, 6.07) is -0.929. The smallest absolute Gasteiger partial charge is 0.220 e. The Morgan fingerprint density at radius 1 is 0.660 bits per heavy atom. The summed E-state index contributed by atoms with van der Waals surface area (Å²) in [5.41, 5.74) is 0. The van der Waals surface area contributed by atoms with E-state index < -0.39 is 86.8 Å². The van der Waals surface area contributed by atoms with Crippen molar-refractivity contribution >= 4 is 5.91 Å². The van der Waals surface area contributed by atoms with Crippen molar-refractivity contribution in [3.8, 4) is 0 Å². The predicted molar refractivity (Wildman–Crippen MR) is 198 cm³/mol. The molecule has 2 rings (SSSR count). The Bertz CT molecular complexity index is 1040. The molecule has 0 aromatic heterocycles. The lowest BCUT2D eigenvalue weighted by molar-refractivity contribution is -0.359. The van der Waals surface area contributed by atoms with Gasteiger partial charge in [0.15, 0.2) is 12.6 Å². The molecule has 2 heterocycles. The van der Waals surface area contributed by atoms with Gasteiger partial charge in [-0.3, -0.25) is 4.79 Å². The van der Waals surface area contributed by atoms with Gasteiger partial charge in [-0.25, -0.2) is 0 Å². The summed E-state index contributed by atoms with van der Waals surface area (Å²) in [5, 5.41) is 85.9. The first-order chi connectivity index (χ1) is 25.6. The Labute approximate surface area is 315 Å². The zero-order valence-corrected chi connectivity index (χ0v) is 31.7. The Balaban J connectivity index is 1.97. The van der Waals surface area contributed by atoms with E-state index in [1.165, 1.54) is 12.8 Å². The largest absolute Gasteiger partial charge is 0.394 e. The van der Waals surface area contributed by atoms with E-state index in [0.717, 1.165) is 64.2 Å². The fraction of sp³-hybridized carbons (Fsp3) is 0.821. The van der Waals surface area contributed by atoms with E-state index in [-0.39, 0.29) is 18.9 Å². The molecule has 9 N–H and O–H groups in total. The van der Waals surface area contributed by atoms with Gasteiger partial charge in [-0.2, -0.15) is 0 Å². The molecule has 0 aliphatic carbocycles. The van der Waals surface area contributed by atoms with Crippen molar-refractivity contribution in [3.05, 3.63) is 36.5 Å². The number of allylic oxidation sites excluding steroid dienone is 5. The molecule has 2 aliphatic rings. The first kappa shape index (κ1) is 47.4. The summed E-state index contributed by atoms with van der Waals surface area (Å²) in [5.74, 6) is -0.268. The van der Waals surface area contributed by atoms with Gasteiger partial charge in [-0.15, -0.1) is 0 Å². The van der Waals surface area contributed by atoms with Crippen molar-refractivity contribution in [3.63, 3.8) is 0 Å². The number of carbonyl (C=O) groups excluding carboxylic acids is 1. The molecule has 12 unspecified atom stereocenters. The number of amides is 1. The third-order valence-electron chi connectivity index (χ3n) is 9.55. The molecule has 53 heavy (non-hydrogen) atoms. The maximum atomic E-state index is 13.0. The van der Waals surface area contributed by atoms with Crippen LogP contribution in [0.1, 0.15) is 110 Å². The topological polar surface area (TPSA) is 228 Å². The zero-order chi connectivity index (χ0) is 39.0. The number of aliphatic hydroxyl groups is 8. The van der Waals surface area contributed by atoms with Gasteiger partial charge in [0, 0.05) is 6.42 Å². The maximum Gasteiger partial charge on any atom is 0.220 e. The Hall–Kier alpha value is -1.79. The molecule has 0 aromatic rings. The van der Waals surface area contributed by atoms with E-state index in [9.17, 15) is 45.6 Å². The minimum Gasteiger partial charge on any atom is -0.394 e. The minimum absolute atomic E-state index is 0.261. The Morgan fingerprint density at radius 3 is 1.85 bits per heavy atom. The second-order valence-corrected chi connectivity index (χ2v) is 14.0. The van der Waals surface area contributed by atoms with Gasteiger partial charge in [0.05, 0.1) is 32.0 Å². The van der Waals surface area contributed by atoms with Crippen LogP contribution in [0.25, 0.3) is 0 Å². The van der Waals surface area contributed by atoms with Crippen molar-refractivity contribution < 1.29 is 64.6 Å². The second kappa shape index (κ2) is 27.7. The number of ether oxygens (including phenoxy) is 4. The molecule has 14 nitrogen and oxygen atoms in total. The molecule has 0 radical (unpaired) electrons. The van der Waals surface area contributed by atoms with E-state index in [0.29, 0.717) is 12.8 Å². The molecule has 0 saturated carbocycles. The van der Waals surface area contributed by atoms with E-state index in [4.69, 9.17) is 18.9 Å². The summed E-state index contributed by atoms with van der Waals surface area (Å²) < 4.78 is 22.5. The van der Waals surface area contributed by atoms with Gasteiger partial charge in [0.2, 0.25) is 5.91 Å². The predicted octanol–water partition coefficient (Wildman–Crippen LogP) is 2.03. The number of aliphatic hydroxyl groups excluding tert-OH is 8. The van der Waals surface area contributed by atoms with Crippen molar-refractivity contribution in [1.29, 1.82) is 0 Å². The van der Waals surface area contributed by atoms with E-state index in [1.54, 1.807) is 6.08 Å². The molecule has 2 fully saturated rings. The van der Waals surface area contributed by atoms with Crippen LogP contribution in [0.3, 0.4) is 0 Å². The monoisotopic (exact) mass is 759 g/mol. The highest BCUT2D eigenvalue weighted by molar-refractivity contribution is 5.76. The lowest BCUT2D eigenvalue weighted by Crippen LogP contribution is -2.65. The van der Waals surface area contributed by atoms with E-state index in [2.05, 4.69) is 43.5 Å². The molecule has 0 bridgehead atoms.